The Morgan fingerprint density at radius 3 is 2.82 bits per heavy atom. The van der Waals surface area contributed by atoms with Crippen molar-refractivity contribution in [2.75, 3.05) is 30.5 Å². The molecule has 0 aromatic heterocycles. The standard InChI is InChI=1S/C27H23ClN4O5S/c1-16-7-8-19(28)21(11-16)32-27(35)18-12-23(37-9-10-38-14-24(33)34)26-17(25(18)22(13-29)30-2)5-4-6-20(26)31-15-36-3/h4-8,11-12,15,22H,9-10,14H2,1,3H3,(H,32,35)(H,33,34). The van der Waals surface area contributed by atoms with Gasteiger partial charge in [0.1, 0.15) is 5.75 Å². The fourth-order valence-corrected chi connectivity index (χ4v) is 4.40. The number of aliphatic carboxylic acids is 1. The molecule has 1 amide bonds. The first-order chi connectivity index (χ1) is 18.3. The van der Waals surface area contributed by atoms with Gasteiger partial charge in [0.25, 0.3) is 5.91 Å². The van der Waals surface area contributed by atoms with Gasteiger partial charge < -0.3 is 19.9 Å². The molecule has 0 aliphatic rings. The molecular formula is C27H23ClN4O5S. The minimum Gasteiger partial charge on any atom is -0.492 e. The van der Waals surface area contributed by atoms with E-state index in [9.17, 15) is 14.9 Å². The summed E-state index contributed by atoms with van der Waals surface area (Å²) in [6.45, 7) is 9.62. The van der Waals surface area contributed by atoms with Crippen LogP contribution in [0.3, 0.4) is 0 Å². The van der Waals surface area contributed by atoms with Gasteiger partial charge in [0.2, 0.25) is 0 Å². The molecule has 0 aliphatic heterocycles. The number of carbonyl (C=O) groups excluding carboxylic acids is 1. The zero-order chi connectivity index (χ0) is 27.7. The van der Waals surface area contributed by atoms with Crippen LogP contribution < -0.4 is 10.1 Å². The molecule has 3 rings (SSSR count). The fraction of sp³-hybridized carbons (Fsp3) is 0.222. The molecule has 11 heteroatoms. The van der Waals surface area contributed by atoms with Crippen molar-refractivity contribution in [1.29, 1.82) is 5.26 Å². The number of aryl methyl sites for hydroxylation is 1. The maximum absolute atomic E-state index is 13.6. The van der Waals surface area contributed by atoms with Crippen molar-refractivity contribution >= 4 is 63.8 Å². The van der Waals surface area contributed by atoms with Crippen molar-refractivity contribution in [3.63, 3.8) is 0 Å². The van der Waals surface area contributed by atoms with Gasteiger partial charge in [-0.1, -0.05) is 29.8 Å². The zero-order valence-corrected chi connectivity index (χ0v) is 22.1. The van der Waals surface area contributed by atoms with Crippen LogP contribution in [0, 0.1) is 24.8 Å². The number of thioether (sulfide) groups is 1. The number of nitrogens with one attached hydrogen (secondary N) is 1. The van der Waals surface area contributed by atoms with E-state index < -0.39 is 17.9 Å². The Bertz CT molecular complexity index is 1470. The van der Waals surface area contributed by atoms with Crippen molar-refractivity contribution < 1.29 is 24.2 Å². The zero-order valence-electron chi connectivity index (χ0n) is 20.5. The number of nitrogens with zero attached hydrogens (tertiary/aromatic N) is 3. The van der Waals surface area contributed by atoms with Gasteiger partial charge in [-0.15, -0.1) is 11.8 Å². The van der Waals surface area contributed by atoms with E-state index in [0.717, 1.165) is 5.56 Å². The molecule has 0 saturated carbocycles. The number of hydrogen-bond donors (Lipinski definition) is 2. The summed E-state index contributed by atoms with van der Waals surface area (Å²) in [6.07, 6.45) is 1.23. The number of methoxy groups -OCH3 is 1. The maximum Gasteiger partial charge on any atom is 0.333 e. The molecule has 0 saturated heterocycles. The van der Waals surface area contributed by atoms with Crippen LogP contribution in [0.5, 0.6) is 5.75 Å². The lowest BCUT2D eigenvalue weighted by Gasteiger charge is -2.18. The van der Waals surface area contributed by atoms with Crippen LogP contribution in [0.4, 0.5) is 11.4 Å². The molecule has 0 bridgehead atoms. The highest BCUT2D eigenvalue weighted by molar-refractivity contribution is 7.99. The van der Waals surface area contributed by atoms with E-state index in [2.05, 4.69) is 15.2 Å². The van der Waals surface area contributed by atoms with Crippen LogP contribution in [0.1, 0.15) is 27.5 Å². The van der Waals surface area contributed by atoms with Crippen LogP contribution in [-0.4, -0.2) is 48.6 Å². The molecule has 0 heterocycles. The summed E-state index contributed by atoms with van der Waals surface area (Å²) in [7, 11) is 1.45. The minimum absolute atomic E-state index is 0.0682. The Kier molecular flexibility index (Phi) is 9.94. The number of carbonyl (C=O) groups is 2. The highest BCUT2D eigenvalue weighted by atomic mass is 35.5. The van der Waals surface area contributed by atoms with Crippen LogP contribution >= 0.6 is 23.4 Å². The summed E-state index contributed by atoms with van der Waals surface area (Å²) in [5, 5.41) is 22.7. The monoisotopic (exact) mass is 550 g/mol. The normalized spacial score (nSPS) is 11.5. The summed E-state index contributed by atoms with van der Waals surface area (Å²) >= 11 is 7.47. The van der Waals surface area contributed by atoms with Crippen molar-refractivity contribution in [2.45, 2.75) is 13.0 Å². The number of rotatable bonds is 11. The second-order valence-electron chi connectivity index (χ2n) is 7.90. The second kappa shape index (κ2) is 13.3. The first-order valence-corrected chi connectivity index (χ1v) is 12.7. The smallest absolute Gasteiger partial charge is 0.333 e. The number of amides is 1. The van der Waals surface area contributed by atoms with Crippen molar-refractivity contribution in [3.8, 4) is 11.8 Å². The summed E-state index contributed by atoms with van der Waals surface area (Å²) in [5.74, 6) is -0.925. The number of halogens is 1. The van der Waals surface area contributed by atoms with Crippen molar-refractivity contribution in [3.05, 3.63) is 75.6 Å². The maximum atomic E-state index is 13.6. The van der Waals surface area contributed by atoms with E-state index in [-0.39, 0.29) is 29.2 Å². The number of ether oxygens (including phenoxy) is 2. The molecule has 38 heavy (non-hydrogen) atoms. The van der Waals surface area contributed by atoms with E-state index >= 15 is 0 Å². The summed E-state index contributed by atoms with van der Waals surface area (Å²) < 4.78 is 11.0. The molecule has 9 nitrogen and oxygen atoms in total. The van der Waals surface area contributed by atoms with E-state index in [0.29, 0.717) is 32.9 Å². The number of anilines is 1. The average molecular weight is 551 g/mol. The Morgan fingerprint density at radius 2 is 2.13 bits per heavy atom. The predicted molar refractivity (Wildman–Crippen MR) is 149 cm³/mol. The number of hydrogen-bond acceptors (Lipinski definition) is 7. The van der Waals surface area contributed by atoms with Crippen LogP contribution in [0.15, 0.2) is 47.5 Å². The van der Waals surface area contributed by atoms with E-state index in [1.807, 2.05) is 13.0 Å². The first-order valence-electron chi connectivity index (χ1n) is 11.2. The lowest BCUT2D eigenvalue weighted by atomic mass is 9.92. The van der Waals surface area contributed by atoms with Crippen molar-refractivity contribution in [2.24, 2.45) is 4.99 Å². The van der Waals surface area contributed by atoms with Gasteiger partial charge in [-0.3, -0.25) is 14.4 Å². The van der Waals surface area contributed by atoms with E-state index in [4.69, 9.17) is 32.8 Å². The predicted octanol–water partition coefficient (Wildman–Crippen LogP) is 6.04. The largest absolute Gasteiger partial charge is 0.492 e. The van der Waals surface area contributed by atoms with Gasteiger partial charge in [-0.05, 0) is 36.8 Å². The SMILES string of the molecule is [C-]#[N+]C(C#N)c1c(C(=O)Nc2cc(C)ccc2Cl)cc(OCCSCC(=O)O)c2c(N=COC)cccc12. The molecule has 0 radical (unpaired) electrons. The molecule has 0 fully saturated rings. The molecule has 3 aromatic rings. The summed E-state index contributed by atoms with van der Waals surface area (Å²) in [4.78, 5) is 32.2. The average Bonchev–Trinajstić information content (AvgIpc) is 2.90. The molecule has 1 unspecified atom stereocenters. The Morgan fingerprint density at radius 1 is 1.34 bits per heavy atom. The lowest BCUT2D eigenvalue weighted by molar-refractivity contribution is -0.133. The lowest BCUT2D eigenvalue weighted by Crippen LogP contribution is -2.17. The third-order valence-electron chi connectivity index (χ3n) is 5.29. The first kappa shape index (κ1) is 28.3. The van der Waals surface area contributed by atoms with Gasteiger partial charge in [0.05, 0.1) is 52.4 Å². The number of aliphatic imine (C=N–C) groups is 1. The van der Waals surface area contributed by atoms with Gasteiger partial charge in [-0.25, -0.2) is 11.6 Å². The third kappa shape index (κ3) is 6.74. The minimum atomic E-state index is -1.28. The van der Waals surface area contributed by atoms with Crippen molar-refractivity contribution in [1.82, 2.24) is 0 Å². The van der Waals surface area contributed by atoms with Crippen LogP contribution in [0.2, 0.25) is 5.02 Å². The summed E-state index contributed by atoms with van der Waals surface area (Å²) in [6, 6.07) is 12.4. The number of fused-ring (bicyclic) bond motifs is 1. The Balaban J connectivity index is 2.20. The van der Waals surface area contributed by atoms with E-state index in [1.54, 1.807) is 36.4 Å². The number of benzene rings is 3. The number of nitriles is 1. The van der Waals surface area contributed by atoms with Crippen LogP contribution in [-0.2, 0) is 9.53 Å². The van der Waals surface area contributed by atoms with Gasteiger partial charge in [0, 0.05) is 11.1 Å². The highest BCUT2D eigenvalue weighted by Gasteiger charge is 2.29. The number of carboxylic acid groups (broad SMARTS) is 1. The molecule has 0 spiro atoms. The molecule has 194 valence electrons. The number of carboxylic acids is 1. The topological polar surface area (TPSA) is 125 Å². The van der Waals surface area contributed by atoms with Gasteiger partial charge in [-0.2, -0.15) is 5.26 Å². The molecule has 3 aromatic carbocycles. The van der Waals surface area contributed by atoms with E-state index in [1.165, 1.54) is 31.3 Å². The van der Waals surface area contributed by atoms with Crippen LogP contribution in [0.25, 0.3) is 15.6 Å². The summed E-state index contributed by atoms with van der Waals surface area (Å²) in [5.41, 5.74) is 1.97. The third-order valence-corrected chi connectivity index (χ3v) is 6.53. The Labute approximate surface area is 228 Å². The second-order valence-corrected chi connectivity index (χ2v) is 9.41. The molecule has 1 atom stereocenters. The molecule has 2 N–H and O–H groups in total. The fourth-order valence-electron chi connectivity index (χ4n) is 3.72. The molecule has 0 aliphatic carbocycles. The van der Waals surface area contributed by atoms with Gasteiger partial charge >= 0.3 is 12.0 Å². The molecular weight excluding hydrogens is 528 g/mol. The van der Waals surface area contributed by atoms with Gasteiger partial charge in [0.15, 0.2) is 12.5 Å². The highest BCUT2D eigenvalue weighted by Crippen LogP contribution is 2.41. The quantitative estimate of drug-likeness (QED) is 0.129. The Hall–Kier alpha value is -4.25.